The number of nitrogens with zero attached hydrogens (tertiary/aromatic N) is 3. The van der Waals surface area contributed by atoms with E-state index < -0.39 is 0 Å². The average molecular weight is 389 g/mol. The fourth-order valence-corrected chi connectivity index (χ4v) is 3.25. The third-order valence-corrected chi connectivity index (χ3v) is 5.02. The van der Waals surface area contributed by atoms with Crippen molar-refractivity contribution in [2.75, 3.05) is 18.0 Å². The predicted molar refractivity (Wildman–Crippen MR) is 111 cm³/mol. The molecule has 1 saturated carbocycles. The van der Waals surface area contributed by atoms with Gasteiger partial charge in [-0.2, -0.15) is 0 Å². The van der Waals surface area contributed by atoms with Crippen molar-refractivity contribution >= 4 is 34.2 Å². The molecule has 0 bridgehead atoms. The van der Waals surface area contributed by atoms with E-state index in [1.54, 1.807) is 0 Å². The standard InChI is InChI=1S/C21H29ClN4O/c1-13(2)12-23-19(27)9-10-26(14(3)4)21-17-8-7-16(22)11-18(17)24-20(25-21)15-5-6-15/h7-8,11,13-15H,5-6,9-10,12H2,1-4H3,(H,23,27). The second kappa shape index (κ2) is 8.42. The van der Waals surface area contributed by atoms with Crippen molar-refractivity contribution in [3.05, 3.63) is 29.0 Å². The molecule has 0 aliphatic heterocycles. The number of rotatable bonds is 8. The number of hydrogen-bond donors (Lipinski definition) is 1. The molecule has 1 aromatic heterocycles. The summed E-state index contributed by atoms with van der Waals surface area (Å²) in [6.07, 6.45) is 2.73. The largest absolute Gasteiger partial charge is 0.356 e. The number of hydrogen-bond acceptors (Lipinski definition) is 4. The van der Waals surface area contributed by atoms with E-state index in [2.05, 4.69) is 37.9 Å². The molecule has 2 aromatic rings. The molecule has 6 heteroatoms. The lowest BCUT2D eigenvalue weighted by atomic mass is 10.1. The minimum atomic E-state index is 0.0816. The van der Waals surface area contributed by atoms with Crippen LogP contribution >= 0.6 is 11.6 Å². The summed E-state index contributed by atoms with van der Waals surface area (Å²) < 4.78 is 0. The maximum atomic E-state index is 12.2. The van der Waals surface area contributed by atoms with Crippen LogP contribution in [0.2, 0.25) is 5.02 Å². The molecule has 0 saturated heterocycles. The number of anilines is 1. The predicted octanol–water partition coefficient (Wildman–Crippen LogP) is 4.54. The van der Waals surface area contributed by atoms with Crippen LogP contribution in [0.15, 0.2) is 18.2 Å². The Bertz CT molecular complexity index is 817. The Morgan fingerprint density at radius 2 is 2.00 bits per heavy atom. The van der Waals surface area contributed by atoms with Gasteiger partial charge < -0.3 is 10.2 Å². The third kappa shape index (κ3) is 5.10. The van der Waals surface area contributed by atoms with Gasteiger partial charge in [0.2, 0.25) is 5.91 Å². The van der Waals surface area contributed by atoms with E-state index in [0.29, 0.717) is 36.4 Å². The van der Waals surface area contributed by atoms with Crippen molar-refractivity contribution in [3.8, 4) is 0 Å². The number of nitrogens with one attached hydrogen (secondary N) is 1. The zero-order valence-electron chi connectivity index (χ0n) is 16.6. The van der Waals surface area contributed by atoms with E-state index in [-0.39, 0.29) is 11.9 Å². The molecule has 1 fully saturated rings. The van der Waals surface area contributed by atoms with Gasteiger partial charge in [-0.3, -0.25) is 4.79 Å². The Balaban J connectivity index is 1.88. The molecule has 1 N–H and O–H groups in total. The number of halogens is 1. The van der Waals surface area contributed by atoms with Crippen molar-refractivity contribution in [2.45, 2.75) is 58.9 Å². The molecule has 1 aliphatic rings. The molecule has 3 rings (SSSR count). The van der Waals surface area contributed by atoms with Crippen molar-refractivity contribution in [3.63, 3.8) is 0 Å². The van der Waals surface area contributed by atoms with Crippen LogP contribution in [-0.2, 0) is 4.79 Å². The Hall–Kier alpha value is -1.88. The minimum absolute atomic E-state index is 0.0816. The smallest absolute Gasteiger partial charge is 0.221 e. The van der Waals surface area contributed by atoms with Gasteiger partial charge in [-0.1, -0.05) is 25.4 Å². The molecule has 0 radical (unpaired) electrons. The van der Waals surface area contributed by atoms with Crippen molar-refractivity contribution in [2.24, 2.45) is 5.92 Å². The molecule has 27 heavy (non-hydrogen) atoms. The van der Waals surface area contributed by atoms with E-state index in [4.69, 9.17) is 21.6 Å². The first kappa shape index (κ1) is 19.9. The topological polar surface area (TPSA) is 58.1 Å². The number of carbonyl (C=O) groups excluding carboxylic acids is 1. The van der Waals surface area contributed by atoms with E-state index >= 15 is 0 Å². The van der Waals surface area contributed by atoms with Gasteiger partial charge >= 0.3 is 0 Å². The summed E-state index contributed by atoms with van der Waals surface area (Å²) in [5, 5.41) is 4.66. The second-order valence-electron chi connectivity index (χ2n) is 8.08. The van der Waals surface area contributed by atoms with Gasteiger partial charge in [-0.05, 0) is 50.8 Å². The monoisotopic (exact) mass is 388 g/mol. The Morgan fingerprint density at radius 1 is 1.26 bits per heavy atom. The normalized spacial score (nSPS) is 14.2. The molecular formula is C21H29ClN4O. The van der Waals surface area contributed by atoms with Crippen LogP contribution in [0.25, 0.3) is 10.9 Å². The summed E-state index contributed by atoms with van der Waals surface area (Å²) in [6.45, 7) is 9.79. The Morgan fingerprint density at radius 3 is 2.63 bits per heavy atom. The van der Waals surface area contributed by atoms with Crippen molar-refractivity contribution < 1.29 is 4.79 Å². The van der Waals surface area contributed by atoms with E-state index in [1.807, 2.05) is 18.2 Å². The quantitative estimate of drug-likeness (QED) is 0.721. The number of aromatic nitrogens is 2. The van der Waals surface area contributed by atoms with Crippen LogP contribution in [0.5, 0.6) is 0 Å². The van der Waals surface area contributed by atoms with E-state index in [9.17, 15) is 4.79 Å². The minimum Gasteiger partial charge on any atom is -0.356 e. The van der Waals surface area contributed by atoms with Gasteiger partial charge in [0.15, 0.2) is 0 Å². The highest BCUT2D eigenvalue weighted by Crippen LogP contribution is 2.40. The van der Waals surface area contributed by atoms with Crippen LogP contribution in [0.1, 0.15) is 58.7 Å². The summed E-state index contributed by atoms with van der Waals surface area (Å²) in [5.41, 5.74) is 0.879. The molecule has 5 nitrogen and oxygen atoms in total. The van der Waals surface area contributed by atoms with Crippen LogP contribution < -0.4 is 10.2 Å². The molecular weight excluding hydrogens is 360 g/mol. The van der Waals surface area contributed by atoms with Gasteiger partial charge in [-0.25, -0.2) is 9.97 Å². The first-order chi connectivity index (χ1) is 12.8. The lowest BCUT2D eigenvalue weighted by Gasteiger charge is -2.29. The lowest BCUT2D eigenvalue weighted by Crippen LogP contribution is -2.37. The lowest BCUT2D eigenvalue weighted by molar-refractivity contribution is -0.121. The van der Waals surface area contributed by atoms with Gasteiger partial charge in [0, 0.05) is 41.9 Å². The first-order valence-electron chi connectivity index (χ1n) is 9.85. The molecule has 1 heterocycles. The number of benzene rings is 1. The van der Waals surface area contributed by atoms with Crippen LogP contribution in [0, 0.1) is 5.92 Å². The maximum Gasteiger partial charge on any atom is 0.221 e. The second-order valence-corrected chi connectivity index (χ2v) is 8.51. The van der Waals surface area contributed by atoms with Gasteiger partial charge in [0.25, 0.3) is 0 Å². The molecule has 1 aliphatic carbocycles. The summed E-state index contributed by atoms with van der Waals surface area (Å²) >= 11 is 6.20. The third-order valence-electron chi connectivity index (χ3n) is 4.78. The summed E-state index contributed by atoms with van der Waals surface area (Å²) in [5.74, 6) is 2.79. The van der Waals surface area contributed by atoms with E-state index in [0.717, 1.165) is 35.4 Å². The highest BCUT2D eigenvalue weighted by Gasteiger charge is 2.29. The van der Waals surface area contributed by atoms with Gasteiger partial charge in [-0.15, -0.1) is 0 Å². The Kier molecular flexibility index (Phi) is 6.20. The Labute approximate surface area is 166 Å². The summed E-state index contributed by atoms with van der Waals surface area (Å²) in [6, 6.07) is 5.99. The number of fused-ring (bicyclic) bond motifs is 1. The van der Waals surface area contributed by atoms with Crippen LogP contribution in [0.3, 0.4) is 0 Å². The maximum absolute atomic E-state index is 12.2. The summed E-state index contributed by atoms with van der Waals surface area (Å²) in [4.78, 5) is 24.1. The fourth-order valence-electron chi connectivity index (χ4n) is 3.08. The molecule has 0 unspecified atom stereocenters. The first-order valence-corrected chi connectivity index (χ1v) is 10.2. The highest BCUT2D eigenvalue weighted by molar-refractivity contribution is 6.31. The van der Waals surface area contributed by atoms with E-state index in [1.165, 1.54) is 0 Å². The van der Waals surface area contributed by atoms with Crippen molar-refractivity contribution in [1.29, 1.82) is 0 Å². The van der Waals surface area contributed by atoms with Crippen LogP contribution in [-0.4, -0.2) is 35.0 Å². The highest BCUT2D eigenvalue weighted by atomic mass is 35.5. The number of amides is 1. The fraction of sp³-hybridized carbons (Fsp3) is 0.571. The molecule has 0 spiro atoms. The molecule has 1 amide bonds. The molecule has 0 atom stereocenters. The number of carbonyl (C=O) groups is 1. The summed E-state index contributed by atoms with van der Waals surface area (Å²) in [7, 11) is 0. The van der Waals surface area contributed by atoms with Crippen molar-refractivity contribution in [1.82, 2.24) is 15.3 Å². The average Bonchev–Trinajstić information content (AvgIpc) is 3.44. The van der Waals surface area contributed by atoms with Gasteiger partial charge in [0.05, 0.1) is 5.52 Å². The zero-order valence-corrected chi connectivity index (χ0v) is 17.4. The zero-order chi connectivity index (χ0) is 19.6. The molecule has 146 valence electrons. The SMILES string of the molecule is CC(C)CNC(=O)CCN(c1nc(C2CC2)nc2cc(Cl)ccc12)C(C)C. The molecule has 1 aromatic carbocycles. The van der Waals surface area contributed by atoms with Crippen LogP contribution in [0.4, 0.5) is 5.82 Å². The van der Waals surface area contributed by atoms with Gasteiger partial charge in [0.1, 0.15) is 11.6 Å².